The fourth-order valence-electron chi connectivity index (χ4n) is 2.16. The molecule has 2 heterocycles. The minimum Gasteiger partial charge on any atom is -0.336 e. The molecular weight excluding hydrogens is 220 g/mol. The summed E-state index contributed by atoms with van der Waals surface area (Å²) >= 11 is 0. The Morgan fingerprint density at radius 1 is 1.47 bits per heavy atom. The lowest BCUT2D eigenvalue weighted by molar-refractivity contribution is -0.123. The van der Waals surface area contributed by atoms with Crippen LogP contribution in [-0.4, -0.2) is 60.6 Å². The average Bonchev–Trinajstić information content (AvgIpc) is 2.78. The molecular formula is C11H18N4O2. The van der Waals surface area contributed by atoms with Crippen molar-refractivity contribution in [1.82, 2.24) is 15.2 Å². The van der Waals surface area contributed by atoms with Gasteiger partial charge in [-0.15, -0.1) is 0 Å². The minimum atomic E-state index is -0.117. The zero-order chi connectivity index (χ0) is 12.4. The summed E-state index contributed by atoms with van der Waals surface area (Å²) < 4.78 is 0. The Bertz CT molecular complexity index is 364. The molecule has 0 bridgehead atoms. The molecule has 0 radical (unpaired) electrons. The summed E-state index contributed by atoms with van der Waals surface area (Å²) in [5, 5.41) is 3.84. The zero-order valence-corrected chi connectivity index (χ0v) is 10.3. The van der Waals surface area contributed by atoms with Crippen LogP contribution in [0.3, 0.4) is 0 Å². The predicted octanol–water partition coefficient (Wildman–Crippen LogP) is -0.585. The Hall–Kier alpha value is -1.43. The first-order chi connectivity index (χ1) is 8.08. The maximum Gasteiger partial charge on any atom is 0.270 e. The van der Waals surface area contributed by atoms with Crippen molar-refractivity contribution in [2.75, 3.05) is 27.2 Å². The van der Waals surface area contributed by atoms with Crippen molar-refractivity contribution in [3.8, 4) is 0 Å². The highest BCUT2D eigenvalue weighted by molar-refractivity contribution is 6.39. The summed E-state index contributed by atoms with van der Waals surface area (Å²) in [5.74, 6) is -0.150. The smallest absolute Gasteiger partial charge is 0.270 e. The molecule has 1 N–H and O–H groups in total. The minimum absolute atomic E-state index is 0.0330. The van der Waals surface area contributed by atoms with Gasteiger partial charge in [0.15, 0.2) is 0 Å². The SMILES string of the molecule is CN(C)C1CCN(C(=O)C2=NNC(=O)CC2)C1. The second-order valence-electron chi connectivity index (χ2n) is 4.75. The molecule has 2 aliphatic rings. The number of likely N-dealkylation sites (N-methyl/N-ethyl adjacent to an activating group) is 1. The number of likely N-dealkylation sites (tertiary alicyclic amines) is 1. The van der Waals surface area contributed by atoms with Crippen LogP contribution < -0.4 is 5.43 Å². The third-order valence-electron chi connectivity index (χ3n) is 3.33. The van der Waals surface area contributed by atoms with Crippen LogP contribution in [0.2, 0.25) is 0 Å². The van der Waals surface area contributed by atoms with Crippen molar-refractivity contribution in [1.29, 1.82) is 0 Å². The highest BCUT2D eigenvalue weighted by atomic mass is 16.2. The lowest BCUT2D eigenvalue weighted by Crippen LogP contribution is -2.40. The van der Waals surface area contributed by atoms with Crippen molar-refractivity contribution in [2.24, 2.45) is 5.10 Å². The maximum absolute atomic E-state index is 12.1. The van der Waals surface area contributed by atoms with Gasteiger partial charge in [0.25, 0.3) is 5.91 Å². The number of hydrazone groups is 1. The molecule has 17 heavy (non-hydrogen) atoms. The molecule has 1 fully saturated rings. The molecule has 2 amide bonds. The standard InChI is InChI=1S/C11H18N4O2/c1-14(2)8-5-6-15(7-8)11(17)9-3-4-10(16)13-12-9/h8H,3-7H2,1-2H3,(H,13,16). The van der Waals surface area contributed by atoms with Crippen LogP contribution in [0, 0.1) is 0 Å². The van der Waals surface area contributed by atoms with Crippen LogP contribution in [0.4, 0.5) is 0 Å². The molecule has 6 heteroatoms. The molecule has 6 nitrogen and oxygen atoms in total. The summed E-state index contributed by atoms with van der Waals surface area (Å²) in [7, 11) is 4.05. The Morgan fingerprint density at radius 3 is 2.76 bits per heavy atom. The molecule has 1 atom stereocenters. The maximum atomic E-state index is 12.1. The van der Waals surface area contributed by atoms with Gasteiger partial charge in [-0.25, -0.2) is 5.43 Å². The van der Waals surface area contributed by atoms with E-state index in [2.05, 4.69) is 15.4 Å². The third-order valence-corrected chi connectivity index (χ3v) is 3.33. The number of hydrogen-bond donors (Lipinski definition) is 1. The number of hydrogen-bond acceptors (Lipinski definition) is 4. The first kappa shape index (κ1) is 12.0. The molecule has 0 aromatic heterocycles. The molecule has 0 saturated carbocycles. The number of nitrogens with zero attached hydrogens (tertiary/aromatic N) is 3. The van der Waals surface area contributed by atoms with E-state index in [0.717, 1.165) is 19.5 Å². The highest BCUT2D eigenvalue weighted by Crippen LogP contribution is 2.15. The zero-order valence-electron chi connectivity index (χ0n) is 10.3. The van der Waals surface area contributed by atoms with E-state index in [4.69, 9.17) is 0 Å². The largest absolute Gasteiger partial charge is 0.336 e. The van der Waals surface area contributed by atoms with Gasteiger partial charge in [-0.05, 0) is 20.5 Å². The first-order valence-electron chi connectivity index (χ1n) is 5.89. The lowest BCUT2D eigenvalue weighted by Gasteiger charge is -2.21. The first-order valence-corrected chi connectivity index (χ1v) is 5.89. The van der Waals surface area contributed by atoms with E-state index in [1.54, 1.807) is 0 Å². The number of carbonyl (C=O) groups excluding carboxylic acids is 2. The van der Waals surface area contributed by atoms with Crippen molar-refractivity contribution in [3.05, 3.63) is 0 Å². The lowest BCUT2D eigenvalue weighted by atomic mass is 10.1. The quantitative estimate of drug-likeness (QED) is 0.699. The Labute approximate surface area is 101 Å². The summed E-state index contributed by atoms with van der Waals surface area (Å²) in [5.41, 5.74) is 2.84. The second kappa shape index (κ2) is 4.83. The van der Waals surface area contributed by atoms with Gasteiger partial charge < -0.3 is 9.80 Å². The summed E-state index contributed by atoms with van der Waals surface area (Å²) in [4.78, 5) is 27.0. The highest BCUT2D eigenvalue weighted by Gasteiger charge is 2.30. The molecule has 2 aliphatic heterocycles. The fourth-order valence-corrected chi connectivity index (χ4v) is 2.16. The molecule has 2 rings (SSSR count). The molecule has 0 aliphatic carbocycles. The molecule has 0 aromatic rings. The topological polar surface area (TPSA) is 65.0 Å². The van der Waals surface area contributed by atoms with Gasteiger partial charge in [-0.1, -0.05) is 0 Å². The Balaban J connectivity index is 1.95. The number of rotatable bonds is 2. The average molecular weight is 238 g/mol. The number of amides is 2. The monoisotopic (exact) mass is 238 g/mol. The van der Waals surface area contributed by atoms with E-state index in [-0.39, 0.29) is 11.8 Å². The van der Waals surface area contributed by atoms with Crippen LogP contribution >= 0.6 is 0 Å². The van der Waals surface area contributed by atoms with Crippen LogP contribution in [0.25, 0.3) is 0 Å². The normalized spacial score (nSPS) is 24.9. The van der Waals surface area contributed by atoms with Crippen LogP contribution in [0.1, 0.15) is 19.3 Å². The van der Waals surface area contributed by atoms with E-state index in [0.29, 0.717) is 24.6 Å². The number of carbonyl (C=O) groups is 2. The van der Waals surface area contributed by atoms with Crippen molar-refractivity contribution >= 4 is 17.5 Å². The van der Waals surface area contributed by atoms with Gasteiger partial charge in [-0.2, -0.15) is 5.10 Å². The van der Waals surface area contributed by atoms with E-state index < -0.39 is 0 Å². The molecule has 0 aromatic carbocycles. The van der Waals surface area contributed by atoms with E-state index in [1.165, 1.54) is 0 Å². The van der Waals surface area contributed by atoms with Crippen LogP contribution in [0.15, 0.2) is 5.10 Å². The second-order valence-corrected chi connectivity index (χ2v) is 4.75. The van der Waals surface area contributed by atoms with Crippen molar-refractivity contribution in [2.45, 2.75) is 25.3 Å². The van der Waals surface area contributed by atoms with E-state index >= 15 is 0 Å². The van der Waals surface area contributed by atoms with Gasteiger partial charge in [0.05, 0.1) is 0 Å². The van der Waals surface area contributed by atoms with Crippen molar-refractivity contribution in [3.63, 3.8) is 0 Å². The number of nitrogens with one attached hydrogen (secondary N) is 1. The van der Waals surface area contributed by atoms with Gasteiger partial charge in [0.1, 0.15) is 5.71 Å². The van der Waals surface area contributed by atoms with Gasteiger partial charge in [0.2, 0.25) is 5.91 Å². The summed E-state index contributed by atoms with van der Waals surface area (Å²) in [6, 6.07) is 0.428. The van der Waals surface area contributed by atoms with E-state index in [1.807, 2.05) is 19.0 Å². The van der Waals surface area contributed by atoms with Gasteiger partial charge in [0, 0.05) is 32.0 Å². The Morgan fingerprint density at radius 2 is 2.24 bits per heavy atom. The molecule has 0 spiro atoms. The predicted molar refractivity (Wildman–Crippen MR) is 63.5 cm³/mol. The van der Waals surface area contributed by atoms with Crippen LogP contribution in [0.5, 0.6) is 0 Å². The molecule has 1 unspecified atom stereocenters. The Kier molecular flexibility index (Phi) is 3.42. The third kappa shape index (κ3) is 2.63. The van der Waals surface area contributed by atoms with Crippen LogP contribution in [-0.2, 0) is 9.59 Å². The summed E-state index contributed by atoms with van der Waals surface area (Å²) in [6.45, 7) is 1.52. The summed E-state index contributed by atoms with van der Waals surface area (Å²) in [6.07, 6.45) is 1.81. The van der Waals surface area contributed by atoms with E-state index in [9.17, 15) is 9.59 Å². The fraction of sp³-hybridized carbons (Fsp3) is 0.727. The molecule has 94 valence electrons. The van der Waals surface area contributed by atoms with Gasteiger partial charge in [-0.3, -0.25) is 9.59 Å². The molecule has 1 saturated heterocycles. The van der Waals surface area contributed by atoms with Gasteiger partial charge >= 0.3 is 0 Å². The van der Waals surface area contributed by atoms with Crippen molar-refractivity contribution < 1.29 is 9.59 Å².